The van der Waals surface area contributed by atoms with Crippen molar-refractivity contribution in [3.05, 3.63) is 60.7 Å². The van der Waals surface area contributed by atoms with Crippen LogP contribution in [-0.2, 0) is 0 Å². The summed E-state index contributed by atoms with van der Waals surface area (Å²) < 4.78 is 0. The number of benzene rings is 6. The van der Waals surface area contributed by atoms with Gasteiger partial charge in [-0.15, -0.1) is 21.9 Å². The number of fused-ring (bicyclic) bond motifs is 2. The third-order valence-corrected chi connectivity index (χ3v) is 8.35. The van der Waals surface area contributed by atoms with Crippen LogP contribution in [0, 0.1) is 0 Å². The lowest BCUT2D eigenvalue weighted by atomic mass is 9.57. The highest BCUT2D eigenvalue weighted by molar-refractivity contribution is 6.72. The van der Waals surface area contributed by atoms with E-state index in [4.69, 9.17) is 94.2 Å². The molecule has 44 heavy (non-hydrogen) atoms. The van der Waals surface area contributed by atoms with Crippen molar-refractivity contribution in [1.29, 1.82) is 0 Å². The second-order valence-corrected chi connectivity index (χ2v) is 10.7. The molecule has 174 valence electrons. The predicted molar refractivity (Wildman–Crippen MR) is 202 cm³/mol. The Hall–Kier alpha value is -3.38. The summed E-state index contributed by atoms with van der Waals surface area (Å²) in [6.07, 6.45) is 0. The van der Waals surface area contributed by atoms with E-state index in [1.165, 1.54) is 0 Å². The van der Waals surface area contributed by atoms with Gasteiger partial charge in [0, 0.05) is 0 Å². The Bertz CT molecular complexity index is 2070. The largest absolute Gasteiger partial charge is 0.113 e. The molecule has 0 fully saturated rings. The van der Waals surface area contributed by atoms with Gasteiger partial charge in [-0.3, -0.25) is 0 Å². The summed E-state index contributed by atoms with van der Waals surface area (Å²) in [6.45, 7) is 0. The maximum Gasteiger partial charge on any atom is 0.113 e. The zero-order valence-corrected chi connectivity index (χ0v) is 23.7. The Morgan fingerprint density at radius 1 is 0.227 bits per heavy atom. The van der Waals surface area contributed by atoms with Crippen LogP contribution in [0.4, 0.5) is 0 Å². The second kappa shape index (κ2) is 11.2. The van der Waals surface area contributed by atoms with Crippen LogP contribution in [0.15, 0.2) is 60.7 Å². The van der Waals surface area contributed by atoms with Gasteiger partial charge in [0.1, 0.15) is 94.2 Å². The molecule has 0 heterocycles. The standard InChI is InChI=1S/C32H10B12/c33-21-14(12-9-5-2-6-10-12)22(34)28(40)20(27(21)39)15-18-16(23(35)29(41)31(43)25(18)37)13(11-7-3-1-4-8-11)17-19(15)26(38)32(44)30(42)24(17)36/h1-10H. The van der Waals surface area contributed by atoms with E-state index >= 15 is 0 Å². The summed E-state index contributed by atoms with van der Waals surface area (Å²) in [4.78, 5) is 0. The van der Waals surface area contributed by atoms with Gasteiger partial charge >= 0.3 is 0 Å². The molecule has 6 rings (SSSR count). The van der Waals surface area contributed by atoms with Crippen molar-refractivity contribution in [2.75, 3.05) is 0 Å². The van der Waals surface area contributed by atoms with Crippen molar-refractivity contribution >= 4 is 181 Å². The van der Waals surface area contributed by atoms with E-state index in [1.54, 1.807) is 0 Å². The molecule has 0 nitrogen and oxygen atoms in total. The van der Waals surface area contributed by atoms with Gasteiger partial charge in [0.05, 0.1) is 0 Å². The van der Waals surface area contributed by atoms with Crippen LogP contribution < -0.4 is 65.6 Å². The highest BCUT2D eigenvalue weighted by Gasteiger charge is 2.26. The summed E-state index contributed by atoms with van der Waals surface area (Å²) in [6, 6.07) is 18.6. The quantitative estimate of drug-likeness (QED) is 0.160. The van der Waals surface area contributed by atoms with E-state index in [0.29, 0.717) is 38.2 Å². The van der Waals surface area contributed by atoms with E-state index in [0.717, 1.165) is 11.1 Å². The number of hydrogen-bond acceptors (Lipinski definition) is 0. The average molecular weight is 524 g/mol. The summed E-state index contributed by atoms with van der Waals surface area (Å²) in [5, 5.41) is 1.59. The molecule has 0 aliphatic carbocycles. The topological polar surface area (TPSA) is 0 Å². The van der Waals surface area contributed by atoms with E-state index in [2.05, 4.69) is 0 Å². The van der Waals surface area contributed by atoms with E-state index in [-0.39, 0.29) is 71.1 Å². The van der Waals surface area contributed by atoms with Gasteiger partial charge in [-0.05, 0) is 54.9 Å². The van der Waals surface area contributed by atoms with Crippen LogP contribution >= 0.6 is 0 Å². The molecule has 0 aliphatic rings. The van der Waals surface area contributed by atoms with Crippen molar-refractivity contribution in [3.63, 3.8) is 0 Å². The Balaban J connectivity index is 1.99. The summed E-state index contributed by atoms with van der Waals surface area (Å²) in [5.41, 5.74) is 4.50. The van der Waals surface area contributed by atoms with Crippen molar-refractivity contribution < 1.29 is 0 Å². The minimum atomic E-state index is 0.0589. The predicted octanol–water partition coefficient (Wildman–Crippen LogP) is -5.48. The van der Waals surface area contributed by atoms with Crippen molar-refractivity contribution in [2.45, 2.75) is 0 Å². The Labute approximate surface area is 274 Å². The van der Waals surface area contributed by atoms with Crippen molar-refractivity contribution in [1.82, 2.24) is 0 Å². The molecule has 0 bridgehead atoms. The minimum Gasteiger partial charge on any atom is -0.110 e. The molecule has 0 unspecified atom stereocenters. The van der Waals surface area contributed by atoms with E-state index in [9.17, 15) is 0 Å². The molecule has 0 saturated carbocycles. The van der Waals surface area contributed by atoms with Gasteiger partial charge in [0.15, 0.2) is 0 Å². The highest BCUT2D eigenvalue weighted by atomic mass is 14.3. The smallest absolute Gasteiger partial charge is 0.110 e. The SMILES string of the molecule is [B]c1c([B])c(-c2c3c([B])c([B])c([B])c([B])c3c(-c3ccccc3)c3c([B])c([B])c([B])c([B])c23)c([B])c([B])c1-c1ccccc1. The molecule has 0 N–H and O–H groups in total. The van der Waals surface area contributed by atoms with E-state index < -0.39 is 0 Å². The first-order chi connectivity index (χ1) is 20.9. The average Bonchev–Trinajstić information content (AvgIpc) is 3.03. The fraction of sp³-hybridized carbons (Fsp3) is 0. The maximum absolute atomic E-state index is 6.85. The molecule has 0 atom stereocenters. The number of rotatable bonds is 3. The molecule has 6 aromatic carbocycles. The first-order valence-electron chi connectivity index (χ1n) is 13.5. The van der Waals surface area contributed by atoms with Crippen molar-refractivity contribution in [2.24, 2.45) is 0 Å². The lowest BCUT2D eigenvalue weighted by Crippen LogP contribution is -2.50. The zero-order valence-electron chi connectivity index (χ0n) is 23.7. The molecule has 0 amide bonds. The van der Waals surface area contributed by atoms with Crippen LogP contribution in [-0.4, -0.2) is 94.2 Å². The Morgan fingerprint density at radius 2 is 0.500 bits per heavy atom. The molecule has 24 radical (unpaired) electrons. The molecular weight excluding hydrogens is 514 g/mol. The van der Waals surface area contributed by atoms with Crippen LogP contribution in [0.1, 0.15) is 0 Å². The first kappa shape index (κ1) is 30.6. The van der Waals surface area contributed by atoms with Gasteiger partial charge in [-0.1, -0.05) is 104 Å². The Morgan fingerprint density at radius 3 is 0.841 bits per heavy atom. The fourth-order valence-electron chi connectivity index (χ4n) is 6.10. The normalized spacial score (nSPS) is 11.4. The molecule has 12 heteroatoms. The zero-order chi connectivity index (χ0) is 31.8. The molecule has 0 spiro atoms. The van der Waals surface area contributed by atoms with Crippen LogP contribution in [0.2, 0.25) is 0 Å². The fourth-order valence-corrected chi connectivity index (χ4v) is 6.10. The van der Waals surface area contributed by atoms with Gasteiger partial charge in [0.2, 0.25) is 0 Å². The van der Waals surface area contributed by atoms with Crippen molar-refractivity contribution in [3.8, 4) is 33.4 Å². The number of hydrogen-bond donors (Lipinski definition) is 0. The summed E-state index contributed by atoms with van der Waals surface area (Å²) in [5.74, 6) is 0. The molecule has 0 aromatic heterocycles. The first-order valence-corrected chi connectivity index (χ1v) is 13.5. The minimum absolute atomic E-state index is 0.0589. The Kier molecular flexibility index (Phi) is 7.80. The second-order valence-electron chi connectivity index (χ2n) is 10.7. The van der Waals surface area contributed by atoms with Crippen LogP contribution in [0.25, 0.3) is 54.9 Å². The summed E-state index contributed by atoms with van der Waals surface area (Å²) in [7, 11) is 79.9. The van der Waals surface area contributed by atoms with Crippen LogP contribution in [0.5, 0.6) is 0 Å². The van der Waals surface area contributed by atoms with Gasteiger partial charge in [-0.25, -0.2) is 0 Å². The maximum atomic E-state index is 6.85. The highest BCUT2D eigenvalue weighted by Crippen LogP contribution is 2.39. The third-order valence-electron chi connectivity index (χ3n) is 8.35. The monoisotopic (exact) mass is 526 g/mol. The molecule has 0 saturated heterocycles. The lowest BCUT2D eigenvalue weighted by molar-refractivity contribution is 1.68. The van der Waals surface area contributed by atoms with Gasteiger partial charge < -0.3 is 0 Å². The summed E-state index contributed by atoms with van der Waals surface area (Å²) >= 11 is 0. The molecular formula is C32H10B12. The van der Waals surface area contributed by atoms with Gasteiger partial charge in [-0.2, -0.15) is 0 Å². The lowest BCUT2D eigenvalue weighted by Gasteiger charge is -2.31. The third kappa shape index (κ3) is 4.31. The molecule has 0 aliphatic heterocycles. The van der Waals surface area contributed by atoms with Crippen LogP contribution in [0.3, 0.4) is 0 Å². The molecule has 6 aromatic rings. The van der Waals surface area contributed by atoms with Gasteiger partial charge in [0.25, 0.3) is 0 Å². The van der Waals surface area contributed by atoms with E-state index in [1.807, 2.05) is 60.7 Å².